The van der Waals surface area contributed by atoms with E-state index < -0.39 is 0 Å². The number of thioether (sulfide) groups is 1. The number of nitrogens with one attached hydrogen (secondary N) is 1. The summed E-state index contributed by atoms with van der Waals surface area (Å²) in [7, 11) is 0. The summed E-state index contributed by atoms with van der Waals surface area (Å²) in [6.45, 7) is 1.24. The van der Waals surface area contributed by atoms with Crippen molar-refractivity contribution in [3.8, 4) is 6.07 Å². The Labute approximate surface area is 172 Å². The van der Waals surface area contributed by atoms with Crippen LogP contribution in [0.3, 0.4) is 0 Å². The van der Waals surface area contributed by atoms with Gasteiger partial charge in [-0.15, -0.1) is 0 Å². The fourth-order valence-electron chi connectivity index (χ4n) is 3.50. The van der Waals surface area contributed by atoms with E-state index in [2.05, 4.69) is 16.4 Å². The highest BCUT2D eigenvalue weighted by molar-refractivity contribution is 7.98. The van der Waals surface area contributed by atoms with Crippen molar-refractivity contribution in [2.45, 2.75) is 25.1 Å². The number of hydrogen-bond acceptors (Lipinski definition) is 5. The predicted octanol–water partition coefficient (Wildman–Crippen LogP) is 2.88. The lowest BCUT2D eigenvalue weighted by Crippen LogP contribution is -2.26. The van der Waals surface area contributed by atoms with Crippen LogP contribution in [0.2, 0.25) is 0 Å². The molecule has 1 aliphatic rings. The molecule has 0 fully saturated rings. The van der Waals surface area contributed by atoms with E-state index in [9.17, 15) is 9.59 Å². The molecule has 1 aliphatic heterocycles. The lowest BCUT2D eigenvalue weighted by molar-refractivity contribution is 0.0956. The molecule has 0 radical (unpaired) electrons. The van der Waals surface area contributed by atoms with E-state index in [4.69, 9.17) is 5.26 Å². The average molecular weight is 404 g/mol. The summed E-state index contributed by atoms with van der Waals surface area (Å²) >= 11 is 1.67. The second-order valence-corrected chi connectivity index (χ2v) is 8.00. The molecule has 29 heavy (non-hydrogen) atoms. The van der Waals surface area contributed by atoms with Crippen LogP contribution in [0.5, 0.6) is 0 Å². The largest absolute Gasteiger partial charge is 0.351 e. The predicted molar refractivity (Wildman–Crippen MR) is 114 cm³/mol. The van der Waals surface area contributed by atoms with Crippen LogP contribution in [0.1, 0.15) is 33.7 Å². The van der Waals surface area contributed by atoms with Crippen molar-refractivity contribution >= 4 is 28.6 Å². The smallest absolute Gasteiger partial charge is 0.261 e. The molecule has 3 aromatic rings. The quantitative estimate of drug-likeness (QED) is 0.638. The molecule has 146 valence electrons. The highest BCUT2D eigenvalue weighted by Crippen LogP contribution is 2.17. The summed E-state index contributed by atoms with van der Waals surface area (Å²) in [5.41, 5.74) is 2.76. The molecular weight excluding hydrogens is 384 g/mol. The van der Waals surface area contributed by atoms with Crippen molar-refractivity contribution in [2.24, 2.45) is 0 Å². The van der Waals surface area contributed by atoms with Crippen molar-refractivity contribution < 1.29 is 4.79 Å². The summed E-state index contributed by atoms with van der Waals surface area (Å²) in [5.74, 6) is 2.10. The Morgan fingerprint density at radius 2 is 2.14 bits per heavy atom. The van der Waals surface area contributed by atoms with E-state index in [1.165, 1.54) is 0 Å². The van der Waals surface area contributed by atoms with Crippen molar-refractivity contribution in [3.63, 3.8) is 0 Å². The topological polar surface area (TPSA) is 87.8 Å². The van der Waals surface area contributed by atoms with E-state index >= 15 is 0 Å². The van der Waals surface area contributed by atoms with Gasteiger partial charge in [-0.3, -0.25) is 14.2 Å². The summed E-state index contributed by atoms with van der Waals surface area (Å²) in [6.07, 6.45) is 1.73. The minimum Gasteiger partial charge on any atom is -0.351 e. The minimum atomic E-state index is -0.174. The third-order valence-corrected chi connectivity index (χ3v) is 6.01. The SMILES string of the molecule is N#Cc1ccccc1CSCCNC(=O)c1ccc2c(=O)n3c(nc2c1)CCC3. The van der Waals surface area contributed by atoms with Gasteiger partial charge in [0.2, 0.25) is 0 Å². The van der Waals surface area contributed by atoms with Gasteiger partial charge < -0.3 is 5.32 Å². The zero-order valence-corrected chi connectivity index (χ0v) is 16.7. The van der Waals surface area contributed by atoms with Gasteiger partial charge in [0, 0.05) is 36.6 Å². The molecule has 0 atom stereocenters. The fraction of sp³-hybridized carbons (Fsp3) is 0.273. The number of aryl methyl sites for hydroxylation is 1. The van der Waals surface area contributed by atoms with Crippen LogP contribution in [-0.2, 0) is 18.7 Å². The van der Waals surface area contributed by atoms with Crippen molar-refractivity contribution in [1.29, 1.82) is 5.26 Å². The summed E-state index contributed by atoms with van der Waals surface area (Å²) in [6, 6.07) is 14.8. The first-order valence-electron chi connectivity index (χ1n) is 9.55. The van der Waals surface area contributed by atoms with E-state index in [0.29, 0.717) is 28.6 Å². The van der Waals surface area contributed by atoms with Crippen molar-refractivity contribution in [2.75, 3.05) is 12.3 Å². The van der Waals surface area contributed by atoms with Gasteiger partial charge in [0.25, 0.3) is 11.5 Å². The molecule has 1 aromatic heterocycles. The zero-order valence-electron chi connectivity index (χ0n) is 15.9. The molecule has 2 aromatic carbocycles. The number of benzene rings is 2. The molecule has 0 saturated heterocycles. The second kappa shape index (κ2) is 8.50. The number of amides is 1. The summed E-state index contributed by atoms with van der Waals surface area (Å²) < 4.78 is 1.73. The monoisotopic (exact) mass is 404 g/mol. The number of fused-ring (bicyclic) bond motifs is 2. The number of rotatable bonds is 6. The van der Waals surface area contributed by atoms with Gasteiger partial charge in [0.15, 0.2) is 0 Å². The first-order chi connectivity index (χ1) is 14.2. The third kappa shape index (κ3) is 4.03. The molecular formula is C22H20N4O2S. The van der Waals surface area contributed by atoms with Gasteiger partial charge in [-0.25, -0.2) is 4.98 Å². The molecule has 0 aliphatic carbocycles. The van der Waals surface area contributed by atoms with Gasteiger partial charge in [0.1, 0.15) is 5.82 Å². The Balaban J connectivity index is 1.35. The number of carbonyl (C=O) groups excluding carboxylic acids is 1. The van der Waals surface area contributed by atoms with Gasteiger partial charge in [-0.1, -0.05) is 18.2 Å². The lowest BCUT2D eigenvalue weighted by Gasteiger charge is -2.08. The highest BCUT2D eigenvalue weighted by Gasteiger charge is 2.17. The normalized spacial score (nSPS) is 12.5. The van der Waals surface area contributed by atoms with E-state index in [-0.39, 0.29) is 11.5 Å². The minimum absolute atomic E-state index is 0.0245. The Hall–Kier alpha value is -3.11. The zero-order chi connectivity index (χ0) is 20.2. The molecule has 2 heterocycles. The number of nitriles is 1. The van der Waals surface area contributed by atoms with E-state index in [1.54, 1.807) is 34.5 Å². The molecule has 6 nitrogen and oxygen atoms in total. The third-order valence-electron chi connectivity index (χ3n) is 5.01. The van der Waals surface area contributed by atoms with Crippen LogP contribution >= 0.6 is 11.8 Å². The molecule has 0 unspecified atom stereocenters. The molecule has 4 rings (SSSR count). The number of carbonyl (C=O) groups is 1. The summed E-state index contributed by atoms with van der Waals surface area (Å²) in [5, 5.41) is 12.6. The molecule has 7 heteroatoms. The maximum atomic E-state index is 12.5. The number of hydrogen-bond donors (Lipinski definition) is 1. The summed E-state index contributed by atoms with van der Waals surface area (Å²) in [4.78, 5) is 29.5. The van der Waals surface area contributed by atoms with Crippen LogP contribution < -0.4 is 10.9 Å². The van der Waals surface area contributed by atoms with Gasteiger partial charge in [-0.2, -0.15) is 17.0 Å². The number of nitrogens with zero attached hydrogens (tertiary/aromatic N) is 3. The standard InChI is InChI=1S/C22H20N4O2S/c23-13-16-4-1-2-5-17(16)14-29-11-9-24-21(27)15-7-8-18-19(12-15)25-20-6-3-10-26(20)22(18)28/h1-2,4-5,7-8,12H,3,6,9-11,14H2,(H,24,27). The molecule has 1 amide bonds. The van der Waals surface area contributed by atoms with E-state index in [1.807, 2.05) is 24.3 Å². The molecule has 0 saturated carbocycles. The van der Waals surface area contributed by atoms with Crippen molar-refractivity contribution in [3.05, 3.63) is 75.3 Å². The maximum absolute atomic E-state index is 12.5. The van der Waals surface area contributed by atoms with Crippen LogP contribution in [0.15, 0.2) is 47.3 Å². The lowest BCUT2D eigenvalue weighted by atomic mass is 10.1. The van der Waals surface area contributed by atoms with Gasteiger partial charge in [-0.05, 0) is 36.2 Å². The molecule has 0 bridgehead atoms. The first kappa shape index (κ1) is 19.2. The fourth-order valence-corrected chi connectivity index (χ4v) is 4.36. The second-order valence-electron chi connectivity index (χ2n) is 6.90. The molecule has 0 spiro atoms. The Morgan fingerprint density at radius 3 is 3.00 bits per heavy atom. The Kier molecular flexibility index (Phi) is 5.63. The van der Waals surface area contributed by atoms with Crippen LogP contribution in [0, 0.1) is 11.3 Å². The van der Waals surface area contributed by atoms with Gasteiger partial charge >= 0.3 is 0 Å². The average Bonchev–Trinajstić information content (AvgIpc) is 3.22. The Morgan fingerprint density at radius 1 is 1.28 bits per heavy atom. The first-order valence-corrected chi connectivity index (χ1v) is 10.7. The molecule has 1 N–H and O–H groups in total. The van der Waals surface area contributed by atoms with Crippen LogP contribution in [0.25, 0.3) is 10.9 Å². The van der Waals surface area contributed by atoms with Crippen LogP contribution in [-0.4, -0.2) is 27.8 Å². The Bertz CT molecular complexity index is 1180. The maximum Gasteiger partial charge on any atom is 0.261 e. The van der Waals surface area contributed by atoms with Gasteiger partial charge in [0.05, 0.1) is 22.5 Å². The number of aromatic nitrogens is 2. The highest BCUT2D eigenvalue weighted by atomic mass is 32.2. The van der Waals surface area contributed by atoms with Crippen LogP contribution in [0.4, 0.5) is 0 Å². The van der Waals surface area contributed by atoms with Crippen molar-refractivity contribution in [1.82, 2.24) is 14.9 Å². The van der Waals surface area contributed by atoms with E-state index in [0.717, 1.165) is 42.3 Å².